The molecule has 1 aromatic heterocycles. The first-order valence-corrected chi connectivity index (χ1v) is 10.4. The van der Waals surface area contributed by atoms with Crippen molar-refractivity contribution in [1.82, 2.24) is 14.7 Å². The first kappa shape index (κ1) is 21.1. The molecular formula is C24H27FN4O2. The maximum atomic E-state index is 13.8. The molecule has 3 aromatic rings. The largest absolute Gasteiger partial charge is 0.370 e. The second-order valence-corrected chi connectivity index (χ2v) is 7.98. The molecule has 0 fully saturated rings. The van der Waals surface area contributed by atoms with E-state index in [1.54, 1.807) is 23.1 Å². The van der Waals surface area contributed by atoms with Gasteiger partial charge in [0, 0.05) is 42.5 Å². The number of amides is 2. The van der Waals surface area contributed by atoms with Gasteiger partial charge in [0.1, 0.15) is 5.82 Å². The maximum absolute atomic E-state index is 13.8. The predicted octanol–water partition coefficient (Wildman–Crippen LogP) is 4.48. The van der Waals surface area contributed by atoms with Gasteiger partial charge < -0.3 is 15.0 Å². The fraction of sp³-hybridized carbons (Fsp3) is 0.333. The van der Waals surface area contributed by atoms with Gasteiger partial charge in [-0.2, -0.15) is 5.10 Å². The Kier molecular flexibility index (Phi) is 6.04. The lowest BCUT2D eigenvalue weighted by molar-refractivity contribution is 0.101. The van der Waals surface area contributed by atoms with Gasteiger partial charge in [0.15, 0.2) is 0 Å². The highest BCUT2D eigenvalue weighted by Gasteiger charge is 2.26. The van der Waals surface area contributed by atoms with Crippen molar-refractivity contribution in [3.63, 3.8) is 0 Å². The second kappa shape index (κ2) is 8.89. The number of rotatable bonds is 5. The highest BCUT2D eigenvalue weighted by atomic mass is 19.1. The van der Waals surface area contributed by atoms with Crippen LogP contribution in [0.2, 0.25) is 0 Å². The summed E-state index contributed by atoms with van der Waals surface area (Å²) in [5.74, 6) is -0.278. The zero-order chi connectivity index (χ0) is 22.0. The average molecular weight is 423 g/mol. The molecule has 0 atom stereocenters. The fourth-order valence-electron chi connectivity index (χ4n) is 3.85. The smallest absolute Gasteiger partial charge is 0.322 e. The lowest BCUT2D eigenvalue weighted by Gasteiger charge is -2.28. The number of hydrogen-bond donors (Lipinski definition) is 1. The van der Waals surface area contributed by atoms with Crippen LogP contribution in [0.3, 0.4) is 0 Å². The molecule has 0 saturated carbocycles. The molecule has 6 nitrogen and oxygen atoms in total. The number of carbonyl (C=O) groups excluding carboxylic acids is 1. The van der Waals surface area contributed by atoms with Crippen molar-refractivity contribution < 1.29 is 13.9 Å². The average Bonchev–Trinajstić information content (AvgIpc) is 3.07. The number of carbonyl (C=O) groups is 1. The van der Waals surface area contributed by atoms with Gasteiger partial charge in [0.05, 0.1) is 25.5 Å². The summed E-state index contributed by atoms with van der Waals surface area (Å²) in [4.78, 5) is 14.6. The Balaban J connectivity index is 1.42. The minimum absolute atomic E-state index is 0.129. The van der Waals surface area contributed by atoms with Crippen LogP contribution in [0.4, 0.5) is 14.9 Å². The molecular weight excluding hydrogens is 395 g/mol. The molecule has 162 valence electrons. The van der Waals surface area contributed by atoms with E-state index in [4.69, 9.17) is 4.74 Å². The standard InChI is InChI=1S/C24H27FN4O2/c1-16-8-9-19(12-17(16)2)26-24(30)29-11-10-23-20(13-29)22(27-28(23)3)15-31-14-18-6-4-5-7-21(18)25/h4-9,12H,10-11,13-15H2,1-3H3,(H,26,30). The zero-order valence-electron chi connectivity index (χ0n) is 18.1. The third kappa shape index (κ3) is 4.61. The van der Waals surface area contributed by atoms with Gasteiger partial charge in [0.2, 0.25) is 0 Å². The van der Waals surface area contributed by atoms with Gasteiger partial charge in [-0.05, 0) is 43.2 Å². The SMILES string of the molecule is Cc1ccc(NC(=O)N2CCc3c(c(COCc4ccccc4F)nn3C)C2)cc1C. The van der Waals surface area contributed by atoms with Crippen LogP contribution in [0, 0.1) is 19.7 Å². The van der Waals surface area contributed by atoms with E-state index in [9.17, 15) is 9.18 Å². The van der Waals surface area contributed by atoms with Gasteiger partial charge in [-0.1, -0.05) is 24.3 Å². The summed E-state index contributed by atoms with van der Waals surface area (Å²) in [6.07, 6.45) is 0.729. The Labute approximate surface area is 181 Å². The topological polar surface area (TPSA) is 59.4 Å². The van der Waals surface area contributed by atoms with Crippen molar-refractivity contribution >= 4 is 11.7 Å². The van der Waals surface area contributed by atoms with E-state index in [-0.39, 0.29) is 25.1 Å². The molecule has 1 aliphatic heterocycles. The van der Waals surface area contributed by atoms with Crippen LogP contribution in [0.25, 0.3) is 0 Å². The van der Waals surface area contributed by atoms with Gasteiger partial charge in [-0.3, -0.25) is 4.68 Å². The number of halogens is 1. The number of benzene rings is 2. The summed E-state index contributed by atoms with van der Waals surface area (Å²) in [5.41, 5.74) is 6.55. The minimum atomic E-state index is -0.278. The zero-order valence-corrected chi connectivity index (χ0v) is 18.1. The number of ether oxygens (including phenoxy) is 1. The van der Waals surface area contributed by atoms with Crippen LogP contribution < -0.4 is 5.32 Å². The Morgan fingerprint density at radius 1 is 1.16 bits per heavy atom. The van der Waals surface area contributed by atoms with Gasteiger partial charge in [-0.15, -0.1) is 0 Å². The van der Waals surface area contributed by atoms with Crippen LogP contribution in [0.1, 0.15) is 33.6 Å². The predicted molar refractivity (Wildman–Crippen MR) is 117 cm³/mol. The van der Waals surface area contributed by atoms with E-state index >= 15 is 0 Å². The maximum Gasteiger partial charge on any atom is 0.322 e. The first-order valence-electron chi connectivity index (χ1n) is 10.4. The van der Waals surface area contributed by atoms with E-state index in [1.165, 1.54) is 11.6 Å². The minimum Gasteiger partial charge on any atom is -0.370 e. The monoisotopic (exact) mass is 422 g/mol. The molecule has 0 bridgehead atoms. The number of aryl methyl sites for hydroxylation is 3. The third-order valence-electron chi connectivity index (χ3n) is 5.83. The molecule has 0 radical (unpaired) electrons. The number of aromatic nitrogens is 2. The summed E-state index contributed by atoms with van der Waals surface area (Å²) in [6.45, 7) is 5.61. The third-order valence-corrected chi connectivity index (χ3v) is 5.83. The highest BCUT2D eigenvalue weighted by molar-refractivity contribution is 5.89. The lowest BCUT2D eigenvalue weighted by Crippen LogP contribution is -2.39. The van der Waals surface area contributed by atoms with Crippen LogP contribution in [0.5, 0.6) is 0 Å². The molecule has 0 aliphatic carbocycles. The highest BCUT2D eigenvalue weighted by Crippen LogP contribution is 2.24. The Hall–Kier alpha value is -3.19. The molecule has 2 amide bonds. The van der Waals surface area contributed by atoms with Crippen LogP contribution >= 0.6 is 0 Å². The molecule has 0 saturated heterocycles. The van der Waals surface area contributed by atoms with Crippen LogP contribution in [-0.4, -0.2) is 27.3 Å². The summed E-state index contributed by atoms with van der Waals surface area (Å²) in [7, 11) is 1.91. The molecule has 2 aromatic carbocycles. The number of nitrogens with one attached hydrogen (secondary N) is 1. The molecule has 1 aliphatic rings. The Bertz CT molecular complexity index is 1110. The van der Waals surface area contributed by atoms with Crippen molar-refractivity contribution in [1.29, 1.82) is 0 Å². The van der Waals surface area contributed by atoms with Crippen molar-refractivity contribution in [2.75, 3.05) is 11.9 Å². The first-order chi connectivity index (χ1) is 14.9. The second-order valence-electron chi connectivity index (χ2n) is 7.98. The molecule has 2 heterocycles. The molecule has 4 rings (SSSR count). The summed E-state index contributed by atoms with van der Waals surface area (Å²) in [6, 6.07) is 12.4. The number of anilines is 1. The van der Waals surface area contributed by atoms with Crippen molar-refractivity contribution in [2.24, 2.45) is 7.05 Å². The quantitative estimate of drug-likeness (QED) is 0.659. The summed E-state index contributed by atoms with van der Waals surface area (Å²) >= 11 is 0. The van der Waals surface area contributed by atoms with E-state index in [0.29, 0.717) is 18.7 Å². The number of nitrogens with zero attached hydrogens (tertiary/aromatic N) is 3. The lowest BCUT2D eigenvalue weighted by atomic mass is 10.1. The van der Waals surface area contributed by atoms with E-state index in [2.05, 4.69) is 10.4 Å². The van der Waals surface area contributed by atoms with E-state index in [1.807, 2.05) is 43.8 Å². The molecule has 1 N–H and O–H groups in total. The Morgan fingerprint density at radius 2 is 1.97 bits per heavy atom. The van der Waals surface area contributed by atoms with Crippen molar-refractivity contribution in [2.45, 2.75) is 40.0 Å². The molecule has 0 unspecified atom stereocenters. The van der Waals surface area contributed by atoms with Gasteiger partial charge >= 0.3 is 6.03 Å². The van der Waals surface area contributed by atoms with Gasteiger partial charge in [-0.25, -0.2) is 9.18 Å². The van der Waals surface area contributed by atoms with Crippen molar-refractivity contribution in [3.8, 4) is 0 Å². The number of hydrogen-bond acceptors (Lipinski definition) is 3. The van der Waals surface area contributed by atoms with Crippen LogP contribution in [-0.2, 0) is 38.0 Å². The van der Waals surface area contributed by atoms with Crippen molar-refractivity contribution in [3.05, 3.63) is 81.9 Å². The van der Waals surface area contributed by atoms with E-state index in [0.717, 1.165) is 34.6 Å². The van der Waals surface area contributed by atoms with Crippen LogP contribution in [0.15, 0.2) is 42.5 Å². The summed E-state index contributed by atoms with van der Waals surface area (Å²) < 4.78 is 21.4. The number of urea groups is 1. The fourth-order valence-corrected chi connectivity index (χ4v) is 3.85. The number of fused-ring (bicyclic) bond motifs is 1. The van der Waals surface area contributed by atoms with E-state index < -0.39 is 0 Å². The Morgan fingerprint density at radius 3 is 2.74 bits per heavy atom. The molecule has 31 heavy (non-hydrogen) atoms. The van der Waals surface area contributed by atoms with Gasteiger partial charge in [0.25, 0.3) is 0 Å². The molecule has 0 spiro atoms. The molecule has 7 heteroatoms. The normalized spacial score (nSPS) is 13.2. The summed E-state index contributed by atoms with van der Waals surface area (Å²) in [5, 5.41) is 7.58.